The lowest BCUT2D eigenvalue weighted by molar-refractivity contribution is -0.159. The van der Waals surface area contributed by atoms with Crippen LogP contribution in [-0.2, 0) is 18.2 Å². The second-order valence-electron chi connectivity index (χ2n) is 11.6. The van der Waals surface area contributed by atoms with E-state index in [9.17, 15) is 23.1 Å². The minimum absolute atomic E-state index is 0.0835. The molecule has 0 radical (unpaired) electrons. The molecular formula is C22H26F3N7O3. The molecule has 13 heteroatoms. The van der Waals surface area contributed by atoms with Crippen LogP contribution in [0.1, 0.15) is 62.1 Å². The first kappa shape index (κ1) is 21.6. The highest BCUT2D eigenvalue weighted by Crippen LogP contribution is 2.56. The Morgan fingerprint density at radius 1 is 1.09 bits per heavy atom. The Kier molecular flexibility index (Phi) is 4.15. The van der Waals surface area contributed by atoms with Gasteiger partial charge >= 0.3 is 18.1 Å². The Labute approximate surface area is 198 Å². The SMILES string of the molecule is O=C(N1CC2(CC(Cc3noc(C(F)(F)F)n3)C2)C1)N1CC2(CC(n3cnc(C4(O)CC4)n3)C2)C1. The molecule has 0 unspecified atom stereocenters. The van der Waals surface area contributed by atoms with Gasteiger partial charge in [0.05, 0.1) is 6.04 Å². The number of urea groups is 1. The lowest BCUT2D eigenvalue weighted by atomic mass is 9.57. The second kappa shape index (κ2) is 6.74. The van der Waals surface area contributed by atoms with E-state index in [1.54, 1.807) is 6.33 Å². The third-order valence-corrected chi connectivity index (χ3v) is 8.63. The predicted octanol–water partition coefficient (Wildman–Crippen LogP) is 2.37. The minimum atomic E-state index is -4.62. The number of amides is 2. The number of halogens is 3. The van der Waals surface area contributed by atoms with Gasteiger partial charge in [-0.15, -0.1) is 0 Å². The zero-order valence-electron chi connectivity index (χ0n) is 19.0. The summed E-state index contributed by atoms with van der Waals surface area (Å²) in [6.07, 6.45) is 2.59. The third kappa shape index (κ3) is 3.45. The summed E-state index contributed by atoms with van der Waals surface area (Å²) in [5.41, 5.74) is -0.546. The number of hydrogen-bond donors (Lipinski definition) is 1. The van der Waals surface area contributed by atoms with E-state index in [-0.39, 0.29) is 34.6 Å². The summed E-state index contributed by atoms with van der Waals surface area (Å²) in [6.45, 7) is 2.94. The quantitative estimate of drug-likeness (QED) is 0.696. The van der Waals surface area contributed by atoms with Crippen molar-refractivity contribution in [2.75, 3.05) is 26.2 Å². The lowest BCUT2D eigenvalue weighted by Gasteiger charge is -2.63. The molecule has 10 nitrogen and oxygen atoms in total. The lowest BCUT2D eigenvalue weighted by Crippen LogP contribution is -2.71. The van der Waals surface area contributed by atoms with E-state index in [4.69, 9.17) is 0 Å². The molecule has 3 saturated carbocycles. The van der Waals surface area contributed by atoms with Crippen LogP contribution in [0.4, 0.5) is 18.0 Å². The van der Waals surface area contributed by atoms with Crippen LogP contribution in [0.5, 0.6) is 0 Å². The van der Waals surface area contributed by atoms with E-state index in [0.29, 0.717) is 25.3 Å². The molecule has 7 rings (SSSR count). The van der Waals surface area contributed by atoms with Crippen LogP contribution in [0.2, 0.25) is 0 Å². The highest BCUT2D eigenvalue weighted by atomic mass is 19.4. The fourth-order valence-electron chi connectivity index (χ4n) is 6.67. The number of hydrogen-bond acceptors (Lipinski definition) is 7. The smallest absolute Gasteiger partial charge is 0.382 e. The van der Waals surface area contributed by atoms with Gasteiger partial charge in [-0.05, 0) is 44.4 Å². The summed E-state index contributed by atoms with van der Waals surface area (Å²) in [6, 6.07) is 0.363. The van der Waals surface area contributed by atoms with Gasteiger partial charge in [0.15, 0.2) is 11.6 Å². The first-order chi connectivity index (χ1) is 16.5. The first-order valence-corrected chi connectivity index (χ1v) is 12.1. The number of nitrogens with zero attached hydrogens (tertiary/aromatic N) is 7. The van der Waals surface area contributed by atoms with Crippen LogP contribution >= 0.6 is 0 Å². The second-order valence-corrected chi connectivity index (χ2v) is 11.6. The average molecular weight is 493 g/mol. The fourth-order valence-corrected chi connectivity index (χ4v) is 6.67. The number of aliphatic hydroxyl groups is 1. The maximum atomic E-state index is 12.9. The van der Waals surface area contributed by atoms with Crippen LogP contribution in [0.25, 0.3) is 0 Å². The Morgan fingerprint density at radius 2 is 1.71 bits per heavy atom. The van der Waals surface area contributed by atoms with E-state index in [0.717, 1.165) is 51.6 Å². The summed E-state index contributed by atoms with van der Waals surface area (Å²) < 4.78 is 44.0. The molecule has 0 aromatic carbocycles. The Balaban J connectivity index is 0.845. The van der Waals surface area contributed by atoms with Crippen molar-refractivity contribution in [3.05, 3.63) is 23.9 Å². The molecule has 0 bridgehead atoms. The van der Waals surface area contributed by atoms with E-state index in [2.05, 4.69) is 24.7 Å². The van der Waals surface area contributed by atoms with Crippen molar-refractivity contribution in [2.24, 2.45) is 16.7 Å². The van der Waals surface area contributed by atoms with Crippen molar-refractivity contribution in [3.8, 4) is 0 Å². The summed E-state index contributed by atoms with van der Waals surface area (Å²) in [4.78, 5) is 24.4. The summed E-state index contributed by atoms with van der Waals surface area (Å²) in [5, 5.41) is 18.1. The molecule has 2 amide bonds. The van der Waals surface area contributed by atoms with Gasteiger partial charge in [0.2, 0.25) is 0 Å². The van der Waals surface area contributed by atoms with Crippen molar-refractivity contribution in [1.29, 1.82) is 0 Å². The van der Waals surface area contributed by atoms with Crippen molar-refractivity contribution >= 4 is 6.03 Å². The van der Waals surface area contributed by atoms with Gasteiger partial charge in [0, 0.05) is 43.4 Å². The van der Waals surface area contributed by atoms with Crippen LogP contribution in [0.3, 0.4) is 0 Å². The molecule has 2 saturated heterocycles. The van der Waals surface area contributed by atoms with Crippen LogP contribution < -0.4 is 0 Å². The number of carbonyl (C=O) groups is 1. The zero-order valence-corrected chi connectivity index (χ0v) is 19.0. The normalized spacial score (nSPS) is 26.3. The highest BCUT2D eigenvalue weighted by Gasteiger charge is 2.59. The molecule has 1 N–H and O–H groups in total. The maximum Gasteiger partial charge on any atom is 0.471 e. The Hall–Kier alpha value is -2.70. The van der Waals surface area contributed by atoms with Crippen LogP contribution in [-0.4, -0.2) is 72.0 Å². The van der Waals surface area contributed by atoms with Gasteiger partial charge in [-0.25, -0.2) is 14.5 Å². The predicted molar refractivity (Wildman–Crippen MR) is 111 cm³/mol. The van der Waals surface area contributed by atoms with Crippen LogP contribution in [0.15, 0.2) is 10.9 Å². The third-order valence-electron chi connectivity index (χ3n) is 8.63. The number of rotatable bonds is 4. The summed E-state index contributed by atoms with van der Waals surface area (Å²) in [7, 11) is 0. The molecule has 2 aliphatic heterocycles. The summed E-state index contributed by atoms with van der Waals surface area (Å²) >= 11 is 0. The molecular weight excluding hydrogens is 467 g/mol. The fraction of sp³-hybridized carbons (Fsp3) is 0.773. The topological polar surface area (TPSA) is 113 Å². The molecule has 2 aromatic rings. The van der Waals surface area contributed by atoms with Gasteiger partial charge in [0.1, 0.15) is 11.9 Å². The minimum Gasteiger partial charge on any atom is -0.382 e. The van der Waals surface area contributed by atoms with E-state index in [1.807, 2.05) is 14.5 Å². The van der Waals surface area contributed by atoms with Gasteiger partial charge < -0.3 is 19.4 Å². The molecule has 35 heavy (non-hydrogen) atoms. The first-order valence-electron chi connectivity index (χ1n) is 12.1. The number of alkyl halides is 3. The largest absolute Gasteiger partial charge is 0.471 e. The van der Waals surface area contributed by atoms with Gasteiger partial charge in [-0.3, -0.25) is 0 Å². The molecule has 5 fully saturated rings. The monoisotopic (exact) mass is 493 g/mol. The number of likely N-dealkylation sites (tertiary alicyclic amines) is 2. The molecule has 2 spiro atoms. The zero-order chi connectivity index (χ0) is 24.2. The Morgan fingerprint density at radius 3 is 2.29 bits per heavy atom. The molecule has 3 aliphatic carbocycles. The summed E-state index contributed by atoms with van der Waals surface area (Å²) in [5.74, 6) is -0.449. The number of carbonyl (C=O) groups excluding carboxylic acids is 1. The van der Waals surface area contributed by atoms with Gasteiger partial charge in [-0.1, -0.05) is 5.16 Å². The molecule has 2 aromatic heterocycles. The highest BCUT2D eigenvalue weighted by molar-refractivity contribution is 5.77. The maximum absolute atomic E-state index is 12.9. The van der Waals surface area contributed by atoms with Crippen molar-refractivity contribution < 1.29 is 27.6 Å². The number of aromatic nitrogens is 5. The van der Waals surface area contributed by atoms with Crippen molar-refractivity contribution in [3.63, 3.8) is 0 Å². The van der Waals surface area contributed by atoms with Crippen LogP contribution in [0, 0.1) is 16.7 Å². The van der Waals surface area contributed by atoms with E-state index in [1.165, 1.54) is 0 Å². The molecule has 0 atom stereocenters. The average Bonchev–Trinajstić information content (AvgIpc) is 3.10. The van der Waals surface area contributed by atoms with Crippen molar-refractivity contribution in [1.82, 2.24) is 34.7 Å². The van der Waals surface area contributed by atoms with Gasteiger partial charge in [0.25, 0.3) is 0 Å². The van der Waals surface area contributed by atoms with Gasteiger partial charge in [-0.2, -0.15) is 23.3 Å². The molecule has 188 valence electrons. The van der Waals surface area contributed by atoms with E-state index >= 15 is 0 Å². The van der Waals surface area contributed by atoms with Crippen molar-refractivity contribution in [2.45, 2.75) is 62.8 Å². The standard InChI is InChI=1S/C22H26F3N7O3/c23-22(24,25)17-27-15(29-35-17)3-13-4-19(5-13)8-30(9-19)18(33)31-10-20(11-31)6-14(7-20)32-12-26-16(28-32)21(34)1-2-21/h12-14,34H,1-11H2. The molecule has 4 heterocycles. The Bertz CT molecular complexity index is 1160. The van der Waals surface area contributed by atoms with E-state index < -0.39 is 17.7 Å². The molecule has 5 aliphatic rings.